The van der Waals surface area contributed by atoms with Gasteiger partial charge in [-0.05, 0) is 139 Å². The van der Waals surface area contributed by atoms with E-state index in [9.17, 15) is 24.3 Å². The summed E-state index contributed by atoms with van der Waals surface area (Å²) in [7, 11) is 0. The van der Waals surface area contributed by atoms with Crippen LogP contribution < -0.4 is 81.8 Å². The highest BCUT2D eigenvalue weighted by molar-refractivity contribution is 6.30. The van der Waals surface area contributed by atoms with E-state index in [0.29, 0.717) is 65.1 Å². The fraction of sp³-hybridized carbons (Fsp3) is 0.405. The number of amides is 10. The third-order valence-electron chi connectivity index (χ3n) is 19.0. The summed E-state index contributed by atoms with van der Waals surface area (Å²) in [5.74, 6) is -8.08. The molecule has 0 unspecified atom stereocenters. The van der Waals surface area contributed by atoms with Crippen LogP contribution in [0.3, 0.4) is 0 Å². The lowest BCUT2D eigenvalue weighted by Gasteiger charge is -2.31. The monoisotopic (exact) mass is 1580 g/mol. The Morgan fingerprint density at radius 2 is 0.991 bits per heavy atom. The molecule has 0 bridgehead atoms. The Morgan fingerprint density at radius 1 is 0.526 bits per heavy atom. The van der Waals surface area contributed by atoms with Crippen molar-refractivity contribution < 1.29 is 53.1 Å². The van der Waals surface area contributed by atoms with Crippen molar-refractivity contribution in [2.24, 2.45) is 11.7 Å². The number of H-pyrrole nitrogens is 2. The van der Waals surface area contributed by atoms with E-state index in [4.69, 9.17) is 40.3 Å². The van der Waals surface area contributed by atoms with Crippen LogP contribution in [0.1, 0.15) is 108 Å². The summed E-state index contributed by atoms with van der Waals surface area (Å²) in [5.41, 5.74) is 34.1. The molecule has 35 heteroatoms. The number of nitrogens with zero attached hydrogens (tertiary/aromatic N) is 6. The van der Waals surface area contributed by atoms with Crippen LogP contribution in [-0.2, 0) is 80.0 Å². The van der Waals surface area contributed by atoms with Gasteiger partial charge in [-0.25, -0.2) is 10.2 Å². The van der Waals surface area contributed by atoms with Gasteiger partial charge in [0.15, 0.2) is 11.6 Å². The summed E-state index contributed by atoms with van der Waals surface area (Å²) in [6.07, 6.45) is 3.27. The number of aromatic amines is 2. The van der Waals surface area contributed by atoms with Gasteiger partial charge in [0.05, 0.1) is 12.8 Å². The van der Waals surface area contributed by atoms with Crippen molar-refractivity contribution in [1.82, 2.24) is 93.4 Å². The van der Waals surface area contributed by atoms with Gasteiger partial charge in [-0.15, -0.1) is 0 Å². The molecule has 23 N–H and O–H groups in total. The molecule has 10 atom stereocenters. The van der Waals surface area contributed by atoms with Gasteiger partial charge in [0.25, 0.3) is 0 Å². The number of aliphatic hydroxyl groups is 1. The molecule has 1 fully saturated rings. The molecular formula is C79H102ClN23O11. The Kier molecular flexibility index (Phi) is 30.8. The second-order valence-electron chi connectivity index (χ2n) is 29.2. The number of halogens is 1. The molecule has 0 saturated carbocycles. The number of likely N-dealkylation sites (tertiary alicyclic amines) is 1. The number of fused-ring (bicyclic) bond motifs is 1. The Labute approximate surface area is 664 Å². The van der Waals surface area contributed by atoms with Gasteiger partial charge in [-0.1, -0.05) is 112 Å². The van der Waals surface area contributed by atoms with Crippen molar-refractivity contribution in [1.29, 1.82) is 0 Å². The first kappa shape index (κ1) is 85.9. The fourth-order valence-corrected chi connectivity index (χ4v) is 13.5. The summed E-state index contributed by atoms with van der Waals surface area (Å²) in [6.45, 7) is 10.3. The van der Waals surface area contributed by atoms with Crippen LogP contribution >= 0.6 is 11.6 Å². The second-order valence-corrected chi connectivity index (χ2v) is 29.6. The summed E-state index contributed by atoms with van der Waals surface area (Å²) >= 11 is 6.28. The second kappa shape index (κ2) is 40.9. The molecule has 3 aromatic heterocycles. The Bertz CT molecular complexity index is 4680. The van der Waals surface area contributed by atoms with Crippen LogP contribution in [0.4, 0.5) is 23.3 Å². The number of rotatable bonds is 39. The number of anilines is 4. The summed E-state index contributed by atoms with van der Waals surface area (Å²) in [6, 6.07) is 19.6. The highest BCUT2D eigenvalue weighted by atomic mass is 35.5. The number of hydrogen-bond donors (Lipinski definition) is 18. The van der Waals surface area contributed by atoms with Crippen LogP contribution in [0.15, 0.2) is 128 Å². The van der Waals surface area contributed by atoms with Crippen molar-refractivity contribution in [3.8, 4) is 22.8 Å². The number of nitrogens with one attached hydrogen (secondary N) is 12. The Morgan fingerprint density at radius 3 is 1.48 bits per heavy atom. The Hall–Kier alpha value is -12.1. The van der Waals surface area contributed by atoms with Gasteiger partial charge in [-0.2, -0.15) is 20.2 Å². The molecule has 9 rings (SSSR count). The lowest BCUT2D eigenvalue weighted by atomic mass is 9.98. The van der Waals surface area contributed by atoms with E-state index < -0.39 is 133 Å². The van der Waals surface area contributed by atoms with Crippen molar-refractivity contribution in [3.63, 3.8) is 0 Å². The number of aromatic nitrogens is 7. The number of unbranched alkanes of at least 4 members (excludes halogenated alkanes) is 1. The van der Waals surface area contributed by atoms with Crippen LogP contribution in [0.5, 0.6) is 0 Å². The lowest BCUT2D eigenvalue weighted by Crippen LogP contribution is -2.62. The SMILES string of the molecule is CC(=O)N[C@H](Cc1ccc2ccccc2c1)C(=O)N[C@H](Cc1ccc(Cl)cc1)C(=O)N[C@H](Cc1cccnc1)C(=O)N[C@@H](CO)C(=O)N[C@@H](Cc1ccc(N)c(-c2n[nH]c(N)n2)c1)C(=O)N[C@H](Cc1ccc(N)c(-c2n[nH]c(N)n2)c1)C(=O)N[C@@H](CC(C)C)C(=O)N[C@@H](CCCCNC(C)C)C(=O)N1CCC[C@H]1C(=O)N[C@H](C)N. The zero-order valence-corrected chi connectivity index (χ0v) is 65.2. The highest BCUT2D eigenvalue weighted by Gasteiger charge is 2.40. The van der Waals surface area contributed by atoms with Crippen LogP contribution in [0, 0.1) is 5.92 Å². The molecule has 1 aliphatic rings. The minimum absolute atomic E-state index is 0.0167. The minimum Gasteiger partial charge on any atom is -0.398 e. The van der Waals surface area contributed by atoms with Gasteiger partial charge in [0.2, 0.25) is 71.0 Å². The topological polar surface area (TPSA) is 541 Å². The minimum atomic E-state index is -1.89. The van der Waals surface area contributed by atoms with Crippen LogP contribution in [0.2, 0.25) is 5.02 Å². The molecule has 0 radical (unpaired) electrons. The van der Waals surface area contributed by atoms with E-state index in [2.05, 4.69) is 88.5 Å². The zero-order valence-electron chi connectivity index (χ0n) is 64.4. The molecule has 8 aromatic rings. The van der Waals surface area contributed by atoms with Gasteiger partial charge in [0, 0.05) is 91.5 Å². The lowest BCUT2D eigenvalue weighted by molar-refractivity contribution is -0.142. The molecule has 606 valence electrons. The average molecular weight is 1590 g/mol. The van der Waals surface area contributed by atoms with Crippen molar-refractivity contribution >= 4 is 105 Å². The first-order valence-electron chi connectivity index (χ1n) is 37.8. The number of carbonyl (C=O) groups excluding carboxylic acids is 10. The quantitative estimate of drug-likeness (QED) is 0.0148. The number of aliphatic hydroxyl groups excluding tert-OH is 1. The van der Waals surface area contributed by atoms with Crippen molar-refractivity contribution in [3.05, 3.63) is 160 Å². The predicted octanol–water partition coefficient (Wildman–Crippen LogP) is 1.82. The fourth-order valence-electron chi connectivity index (χ4n) is 13.4. The molecule has 1 saturated heterocycles. The van der Waals surface area contributed by atoms with E-state index in [1.165, 1.54) is 36.4 Å². The van der Waals surface area contributed by atoms with Gasteiger partial charge < -0.3 is 91.8 Å². The average Bonchev–Trinajstić information content (AvgIpc) is 1.66. The Balaban J connectivity index is 1.03. The molecule has 0 aliphatic carbocycles. The smallest absolute Gasteiger partial charge is 0.245 e. The molecule has 34 nitrogen and oxygen atoms in total. The van der Waals surface area contributed by atoms with E-state index in [-0.39, 0.29) is 103 Å². The highest BCUT2D eigenvalue weighted by Crippen LogP contribution is 2.28. The molecule has 5 aromatic carbocycles. The largest absolute Gasteiger partial charge is 0.398 e. The number of nitrogens with two attached hydrogens (primary N) is 5. The normalized spacial score (nSPS) is 15.1. The predicted molar refractivity (Wildman–Crippen MR) is 431 cm³/mol. The van der Waals surface area contributed by atoms with Gasteiger partial charge >= 0.3 is 0 Å². The standard InChI is InChI=1S/C79H102ClN23O11/c1-42(2)31-59(69(106)90-58(16-9-10-29-87-43(3)4)77(114)103-30-12-17-66(103)76(113)88-44(5)81)91-72(109)62(37-48-21-26-56(82)54(33-48)67-97-78(84)101-99-67)93-73(110)63(38-49-22-27-57(83)55(34-49)68-98-79(85)102-100-68)95-75(112)65(41-104)96-74(111)64(39-50-13-11-28-86-40-50)94-71(108)61(35-46-19-24-53(80)25-20-46)92-70(107)60(89-45(6)105)36-47-18-23-51-14-7-8-15-52(51)32-47/h7-8,11,13-15,18-28,32-34,40,42-44,58-66,87,104H,9-10,12,16-17,29-31,35-39,41,81-83H2,1-6H3,(H,88,113)(H,89,105)(H,90,106)(H,91,109)(H,92,107)(H,93,110)(H,94,108)(H,95,112)(H,96,111)(H3,84,97,99,101)(H3,85,98,100,102)/t44-,58+,59+,60-,61-,62-,63+,64-,65+,66+/m1/s1. The van der Waals surface area contributed by atoms with Crippen molar-refractivity contribution in [2.75, 3.05) is 42.6 Å². The number of carbonyl (C=O) groups is 10. The van der Waals surface area contributed by atoms with Gasteiger partial charge in [-0.3, -0.25) is 52.9 Å². The molecule has 4 heterocycles. The number of benzene rings is 5. The number of hydrogen-bond acceptors (Lipinski definition) is 22. The van der Waals surface area contributed by atoms with E-state index >= 15 is 28.8 Å². The van der Waals surface area contributed by atoms with E-state index in [0.717, 1.165) is 10.8 Å². The molecule has 0 spiro atoms. The van der Waals surface area contributed by atoms with Crippen LogP contribution in [0.25, 0.3) is 33.5 Å². The van der Waals surface area contributed by atoms with Crippen molar-refractivity contribution in [2.45, 2.75) is 179 Å². The first-order valence-corrected chi connectivity index (χ1v) is 38.2. The maximum atomic E-state index is 15.7. The maximum Gasteiger partial charge on any atom is 0.245 e. The zero-order chi connectivity index (χ0) is 82.3. The first-order chi connectivity index (χ1) is 54.5. The van der Waals surface area contributed by atoms with Gasteiger partial charge in [0.1, 0.15) is 54.4 Å². The molecule has 114 heavy (non-hydrogen) atoms. The summed E-state index contributed by atoms with van der Waals surface area (Å²) in [4.78, 5) is 161. The van der Waals surface area contributed by atoms with E-state index in [1.807, 2.05) is 70.2 Å². The maximum absolute atomic E-state index is 15.7. The molecule has 10 amide bonds. The molecule has 1 aliphatic heterocycles. The van der Waals surface area contributed by atoms with E-state index in [1.54, 1.807) is 67.6 Å². The number of nitrogen functional groups attached to an aromatic ring is 4. The summed E-state index contributed by atoms with van der Waals surface area (Å²) in [5, 5.41) is 55.0. The third kappa shape index (κ3) is 24.9. The summed E-state index contributed by atoms with van der Waals surface area (Å²) < 4.78 is 0. The third-order valence-corrected chi connectivity index (χ3v) is 19.3. The molecular weight excluding hydrogens is 1480 g/mol. The van der Waals surface area contributed by atoms with Crippen LogP contribution in [-0.4, -0.2) is 191 Å². The number of pyridine rings is 1.